The lowest BCUT2D eigenvalue weighted by Gasteiger charge is -2.31. The van der Waals surface area contributed by atoms with Crippen molar-refractivity contribution in [1.29, 1.82) is 0 Å². The molecule has 1 rings (SSSR count). The zero-order valence-corrected chi connectivity index (χ0v) is 12.4. The van der Waals surface area contributed by atoms with Crippen molar-refractivity contribution in [3.05, 3.63) is 33.8 Å². The van der Waals surface area contributed by atoms with Gasteiger partial charge < -0.3 is 10.8 Å². The summed E-state index contributed by atoms with van der Waals surface area (Å²) in [6.45, 7) is 5.80. The number of aliphatic hydroxyl groups is 1. The Morgan fingerprint density at radius 3 is 2.18 bits per heavy atom. The first-order valence-electron chi connectivity index (χ1n) is 5.12. The molecule has 3 N–H and O–H groups in total. The molecule has 5 heteroatoms. The summed E-state index contributed by atoms with van der Waals surface area (Å²) in [6.07, 6.45) is -0.661. The van der Waals surface area contributed by atoms with Gasteiger partial charge in [-0.25, -0.2) is 0 Å². The van der Waals surface area contributed by atoms with Crippen LogP contribution in [0.3, 0.4) is 0 Å². The van der Waals surface area contributed by atoms with Crippen LogP contribution in [0, 0.1) is 5.41 Å². The molecule has 0 unspecified atom stereocenters. The minimum absolute atomic E-state index is 0. The number of nitrogens with two attached hydrogens (primary N) is 1. The Balaban J connectivity index is 0.00000256. The van der Waals surface area contributed by atoms with Gasteiger partial charge in [0.1, 0.15) is 0 Å². The molecule has 0 fully saturated rings. The molecule has 1 aromatic rings. The van der Waals surface area contributed by atoms with Gasteiger partial charge in [0.15, 0.2) is 0 Å². The second-order valence-corrected chi connectivity index (χ2v) is 5.85. The summed E-state index contributed by atoms with van der Waals surface area (Å²) < 4.78 is 0. The fourth-order valence-corrected chi connectivity index (χ4v) is 2.02. The second-order valence-electron chi connectivity index (χ2n) is 5.00. The first-order valence-corrected chi connectivity index (χ1v) is 5.87. The van der Waals surface area contributed by atoms with Gasteiger partial charge in [0.05, 0.1) is 12.1 Å². The van der Waals surface area contributed by atoms with E-state index < -0.39 is 12.1 Å². The summed E-state index contributed by atoms with van der Waals surface area (Å²) in [7, 11) is 0. The van der Waals surface area contributed by atoms with E-state index in [9.17, 15) is 5.11 Å². The van der Waals surface area contributed by atoms with E-state index in [-0.39, 0.29) is 17.8 Å². The Morgan fingerprint density at radius 2 is 1.76 bits per heavy atom. The lowest BCUT2D eigenvalue weighted by Crippen LogP contribution is -2.37. The first-order chi connectivity index (χ1) is 7.23. The van der Waals surface area contributed by atoms with Crippen LogP contribution in [0.15, 0.2) is 18.2 Å². The maximum absolute atomic E-state index is 10.1. The highest BCUT2D eigenvalue weighted by Crippen LogP contribution is 2.32. The Hall–Kier alpha value is 0.01000. The average Bonchev–Trinajstić information content (AvgIpc) is 2.14. The van der Waals surface area contributed by atoms with E-state index in [1.807, 2.05) is 20.8 Å². The van der Waals surface area contributed by atoms with Crippen molar-refractivity contribution in [3.63, 3.8) is 0 Å². The van der Waals surface area contributed by atoms with Crippen molar-refractivity contribution < 1.29 is 5.11 Å². The molecule has 0 spiro atoms. The predicted molar refractivity (Wildman–Crippen MR) is 76.1 cm³/mol. The average molecular weight is 299 g/mol. The molecule has 0 aliphatic heterocycles. The molecule has 0 saturated carbocycles. The van der Waals surface area contributed by atoms with Gasteiger partial charge in [0.2, 0.25) is 0 Å². The zero-order valence-electron chi connectivity index (χ0n) is 10.1. The molecule has 0 aliphatic carbocycles. The van der Waals surface area contributed by atoms with Gasteiger partial charge in [-0.2, -0.15) is 0 Å². The quantitative estimate of drug-likeness (QED) is 0.872. The van der Waals surface area contributed by atoms with Gasteiger partial charge >= 0.3 is 0 Å². The summed E-state index contributed by atoms with van der Waals surface area (Å²) in [5.74, 6) is 0. The normalized spacial score (nSPS) is 15.0. The smallest absolute Gasteiger partial charge is 0.0781 e. The van der Waals surface area contributed by atoms with Crippen LogP contribution in [0.5, 0.6) is 0 Å². The lowest BCUT2D eigenvalue weighted by atomic mass is 9.82. The largest absolute Gasteiger partial charge is 0.391 e. The van der Waals surface area contributed by atoms with E-state index in [0.29, 0.717) is 15.6 Å². The fourth-order valence-electron chi connectivity index (χ4n) is 1.48. The topological polar surface area (TPSA) is 46.2 Å². The zero-order chi connectivity index (χ0) is 12.5. The number of hydrogen-bond acceptors (Lipinski definition) is 2. The molecular formula is C12H18Cl3NO. The van der Waals surface area contributed by atoms with Crippen LogP contribution < -0.4 is 5.73 Å². The Labute approximate surface area is 119 Å². The first kappa shape index (κ1) is 17.0. The second kappa shape index (κ2) is 6.26. The Morgan fingerprint density at radius 1 is 1.24 bits per heavy atom. The molecular weight excluding hydrogens is 280 g/mol. The molecule has 0 saturated heterocycles. The van der Waals surface area contributed by atoms with Crippen LogP contribution in [0.1, 0.15) is 32.4 Å². The van der Waals surface area contributed by atoms with Gasteiger partial charge in [-0.1, -0.05) is 50.0 Å². The van der Waals surface area contributed by atoms with E-state index in [0.717, 1.165) is 0 Å². The van der Waals surface area contributed by atoms with Crippen molar-refractivity contribution in [2.24, 2.45) is 11.1 Å². The number of aliphatic hydroxyl groups excluding tert-OH is 1. The van der Waals surface area contributed by atoms with E-state index in [1.54, 1.807) is 18.2 Å². The third-order valence-electron chi connectivity index (χ3n) is 2.55. The Bertz CT molecular complexity index is 377. The Kier molecular flexibility index (Phi) is 6.26. The van der Waals surface area contributed by atoms with Gasteiger partial charge in [0, 0.05) is 10.0 Å². The molecule has 2 nitrogen and oxygen atoms in total. The molecule has 0 aromatic heterocycles. The molecule has 2 atom stereocenters. The predicted octanol–water partition coefficient (Wildman–Crippen LogP) is 3.82. The number of hydrogen-bond donors (Lipinski definition) is 2. The van der Waals surface area contributed by atoms with E-state index in [1.165, 1.54) is 0 Å². The van der Waals surface area contributed by atoms with Crippen LogP contribution in [0.4, 0.5) is 0 Å². The maximum Gasteiger partial charge on any atom is 0.0781 e. The summed E-state index contributed by atoms with van der Waals surface area (Å²) in [5, 5.41) is 11.1. The van der Waals surface area contributed by atoms with Crippen LogP contribution >= 0.6 is 35.6 Å². The number of halogens is 3. The highest BCUT2D eigenvalue weighted by molar-refractivity contribution is 6.35. The molecule has 0 bridgehead atoms. The van der Waals surface area contributed by atoms with Gasteiger partial charge in [-0.05, 0) is 23.1 Å². The molecule has 1 aromatic carbocycles. The van der Waals surface area contributed by atoms with Crippen molar-refractivity contribution in [1.82, 2.24) is 0 Å². The molecule has 0 aliphatic rings. The highest BCUT2D eigenvalue weighted by Gasteiger charge is 2.30. The third kappa shape index (κ3) is 4.31. The van der Waals surface area contributed by atoms with Crippen molar-refractivity contribution in [2.45, 2.75) is 32.9 Å². The van der Waals surface area contributed by atoms with Crippen molar-refractivity contribution in [3.8, 4) is 0 Å². The van der Waals surface area contributed by atoms with Gasteiger partial charge in [-0.15, -0.1) is 12.4 Å². The van der Waals surface area contributed by atoms with Crippen molar-refractivity contribution >= 4 is 35.6 Å². The van der Waals surface area contributed by atoms with Crippen LogP contribution in [0.2, 0.25) is 10.0 Å². The minimum Gasteiger partial charge on any atom is -0.391 e. The SMILES string of the molecule is CC(C)(C)[C@H](O)[C@H](N)c1ccc(Cl)cc1Cl.Cl. The number of rotatable bonds is 2. The summed E-state index contributed by atoms with van der Waals surface area (Å²) >= 11 is 11.8. The van der Waals surface area contributed by atoms with Crippen LogP contribution in [-0.4, -0.2) is 11.2 Å². The standard InChI is InChI=1S/C12H17Cl2NO.ClH/c1-12(2,3)11(16)10(15)8-5-4-7(13)6-9(8)14;/h4-6,10-11,16H,15H2,1-3H3;1H/t10-,11-;/m1./s1. The molecule has 98 valence electrons. The molecule has 0 radical (unpaired) electrons. The third-order valence-corrected chi connectivity index (χ3v) is 3.11. The molecule has 0 heterocycles. The monoisotopic (exact) mass is 297 g/mol. The van der Waals surface area contributed by atoms with E-state index in [4.69, 9.17) is 28.9 Å². The van der Waals surface area contributed by atoms with E-state index in [2.05, 4.69) is 0 Å². The molecule has 17 heavy (non-hydrogen) atoms. The van der Waals surface area contributed by atoms with Gasteiger partial charge in [-0.3, -0.25) is 0 Å². The van der Waals surface area contributed by atoms with Crippen molar-refractivity contribution in [2.75, 3.05) is 0 Å². The molecule has 0 amide bonds. The summed E-state index contributed by atoms with van der Waals surface area (Å²) in [6, 6.07) is 4.60. The minimum atomic E-state index is -0.661. The van der Waals surface area contributed by atoms with E-state index >= 15 is 0 Å². The highest BCUT2D eigenvalue weighted by atomic mass is 35.5. The van der Waals surface area contributed by atoms with Crippen LogP contribution in [-0.2, 0) is 0 Å². The van der Waals surface area contributed by atoms with Gasteiger partial charge in [0.25, 0.3) is 0 Å². The number of benzene rings is 1. The fraction of sp³-hybridized carbons (Fsp3) is 0.500. The summed E-state index contributed by atoms with van der Waals surface area (Å²) in [4.78, 5) is 0. The summed E-state index contributed by atoms with van der Waals surface area (Å²) in [5.41, 5.74) is 6.42. The lowest BCUT2D eigenvalue weighted by molar-refractivity contribution is 0.0401. The maximum atomic E-state index is 10.1. The van der Waals surface area contributed by atoms with Crippen LogP contribution in [0.25, 0.3) is 0 Å².